The van der Waals surface area contributed by atoms with E-state index in [-0.39, 0.29) is 11.7 Å². The van der Waals surface area contributed by atoms with Gasteiger partial charge in [-0.3, -0.25) is 4.79 Å². The van der Waals surface area contributed by atoms with Gasteiger partial charge in [-0.05, 0) is 30.3 Å². The van der Waals surface area contributed by atoms with E-state index in [0.29, 0.717) is 39.2 Å². The number of carbonyl (C=O) groups is 1. The average molecular weight is 324 g/mol. The zero-order chi connectivity index (χ0) is 17.3. The van der Waals surface area contributed by atoms with E-state index in [2.05, 4.69) is 5.32 Å². The lowest BCUT2D eigenvalue weighted by atomic mass is 10.0. The number of amides is 1. The lowest BCUT2D eigenvalue weighted by molar-refractivity contribution is 0.0964. The molecule has 1 N–H and O–H groups in total. The van der Waals surface area contributed by atoms with Crippen molar-refractivity contribution in [2.45, 2.75) is 0 Å². The molecule has 0 atom stereocenters. The first-order valence-electron chi connectivity index (χ1n) is 7.11. The molecule has 0 unspecified atom stereocenters. The third kappa shape index (κ3) is 2.46. The van der Waals surface area contributed by atoms with Crippen LogP contribution in [0.1, 0.15) is 15.9 Å². The van der Waals surface area contributed by atoms with Crippen LogP contribution in [0.2, 0.25) is 0 Å². The van der Waals surface area contributed by atoms with Gasteiger partial charge in [-0.15, -0.1) is 0 Å². The van der Waals surface area contributed by atoms with Gasteiger partial charge in [0.05, 0.1) is 18.2 Å². The van der Waals surface area contributed by atoms with Crippen molar-refractivity contribution in [1.29, 1.82) is 5.26 Å². The van der Waals surface area contributed by atoms with Crippen molar-refractivity contribution in [2.75, 3.05) is 14.2 Å². The number of rotatable bonds is 3. The first kappa shape index (κ1) is 15.6. The molecule has 0 aliphatic carbocycles. The second kappa shape index (κ2) is 6.05. The van der Waals surface area contributed by atoms with Gasteiger partial charge in [-0.2, -0.15) is 5.26 Å². The predicted molar refractivity (Wildman–Crippen MR) is 86.3 cm³/mol. The minimum Gasteiger partial charge on any atom is -0.495 e. The molecule has 1 aromatic heterocycles. The number of hydrogen-bond donors (Lipinski definition) is 1. The molecule has 24 heavy (non-hydrogen) atoms. The average Bonchev–Trinajstić information content (AvgIpc) is 2.98. The molecule has 1 amide bonds. The van der Waals surface area contributed by atoms with Crippen molar-refractivity contribution in [3.63, 3.8) is 0 Å². The summed E-state index contributed by atoms with van der Waals surface area (Å²) in [7, 11) is 2.96. The molecule has 1 heterocycles. The summed E-state index contributed by atoms with van der Waals surface area (Å²) < 4.78 is 24.2. The second-order valence-corrected chi connectivity index (χ2v) is 5.05. The third-order valence-corrected chi connectivity index (χ3v) is 3.69. The molecule has 0 spiro atoms. The normalized spacial score (nSPS) is 10.4. The van der Waals surface area contributed by atoms with Crippen LogP contribution in [0.25, 0.3) is 22.3 Å². The predicted octanol–water partition coefficient (Wildman–Crippen LogP) is 3.48. The number of carbonyl (C=O) groups excluding carboxylic acids is 1. The Labute approximate surface area is 137 Å². The van der Waals surface area contributed by atoms with E-state index in [4.69, 9.17) is 9.15 Å². The lowest BCUT2D eigenvalue weighted by Gasteiger charge is -2.04. The Morgan fingerprint density at radius 3 is 2.58 bits per heavy atom. The van der Waals surface area contributed by atoms with Crippen molar-refractivity contribution in [1.82, 2.24) is 5.32 Å². The minimum absolute atomic E-state index is 0.299. The van der Waals surface area contributed by atoms with Crippen LogP contribution >= 0.6 is 0 Å². The van der Waals surface area contributed by atoms with Crippen molar-refractivity contribution in [2.24, 2.45) is 0 Å². The van der Waals surface area contributed by atoms with Crippen LogP contribution in [0.15, 0.2) is 40.8 Å². The highest BCUT2D eigenvalue weighted by atomic mass is 19.1. The molecule has 0 aliphatic heterocycles. The molecule has 2 aromatic carbocycles. The highest BCUT2D eigenvalue weighted by Crippen LogP contribution is 2.37. The first-order valence-corrected chi connectivity index (χ1v) is 7.11. The second-order valence-electron chi connectivity index (χ2n) is 5.05. The fourth-order valence-corrected chi connectivity index (χ4v) is 2.53. The Kier molecular flexibility index (Phi) is 3.92. The number of halogens is 1. The van der Waals surface area contributed by atoms with Gasteiger partial charge in [-0.1, -0.05) is 0 Å². The van der Waals surface area contributed by atoms with Crippen molar-refractivity contribution in [3.05, 3.63) is 53.3 Å². The number of hydrogen-bond acceptors (Lipinski definition) is 4. The maximum absolute atomic E-state index is 13.2. The number of nitriles is 1. The van der Waals surface area contributed by atoms with E-state index in [1.54, 1.807) is 6.07 Å². The number of nitrogens with one attached hydrogen (secondary N) is 1. The van der Waals surface area contributed by atoms with E-state index >= 15 is 0 Å². The van der Waals surface area contributed by atoms with Gasteiger partial charge < -0.3 is 14.5 Å². The maximum atomic E-state index is 13.2. The molecular formula is C18H13FN2O3. The molecule has 0 aliphatic rings. The van der Waals surface area contributed by atoms with Gasteiger partial charge in [0.1, 0.15) is 29.0 Å². The van der Waals surface area contributed by atoms with E-state index in [1.165, 1.54) is 44.5 Å². The van der Waals surface area contributed by atoms with Crippen LogP contribution in [0.3, 0.4) is 0 Å². The third-order valence-electron chi connectivity index (χ3n) is 3.69. The number of methoxy groups -OCH3 is 1. The summed E-state index contributed by atoms with van der Waals surface area (Å²) in [4.78, 5) is 12.4. The monoisotopic (exact) mass is 324 g/mol. The molecule has 0 bridgehead atoms. The Morgan fingerprint density at radius 2 is 2.00 bits per heavy atom. The first-order chi connectivity index (χ1) is 11.6. The molecule has 0 saturated carbocycles. The fourth-order valence-electron chi connectivity index (χ4n) is 2.53. The van der Waals surface area contributed by atoms with Gasteiger partial charge in [0.2, 0.25) is 0 Å². The van der Waals surface area contributed by atoms with Crippen LogP contribution in [-0.2, 0) is 0 Å². The summed E-state index contributed by atoms with van der Waals surface area (Å²) >= 11 is 0. The van der Waals surface area contributed by atoms with Crippen molar-refractivity contribution >= 4 is 16.9 Å². The minimum atomic E-state index is -0.384. The van der Waals surface area contributed by atoms with Crippen LogP contribution in [0.4, 0.5) is 4.39 Å². The lowest BCUT2D eigenvalue weighted by Crippen LogP contribution is -2.18. The molecule has 5 nitrogen and oxygen atoms in total. The van der Waals surface area contributed by atoms with E-state index in [0.717, 1.165) is 0 Å². The zero-order valence-electron chi connectivity index (χ0n) is 13.0. The molecular weight excluding hydrogens is 311 g/mol. The number of nitrogens with zero attached hydrogens (tertiary/aromatic N) is 1. The highest BCUT2D eigenvalue weighted by molar-refractivity contribution is 6.11. The van der Waals surface area contributed by atoms with Crippen LogP contribution in [-0.4, -0.2) is 20.1 Å². The summed E-state index contributed by atoms with van der Waals surface area (Å²) in [5.74, 6) is -0.0762. The zero-order valence-corrected chi connectivity index (χ0v) is 13.0. The fraction of sp³-hybridized carbons (Fsp3) is 0.111. The Balaban J connectivity index is 2.34. The molecule has 3 aromatic rings. The van der Waals surface area contributed by atoms with Gasteiger partial charge in [0.25, 0.3) is 5.91 Å². The van der Waals surface area contributed by atoms with Gasteiger partial charge in [0.15, 0.2) is 0 Å². The number of benzene rings is 2. The molecule has 0 fully saturated rings. The van der Waals surface area contributed by atoms with E-state index < -0.39 is 0 Å². The molecule has 0 radical (unpaired) electrons. The summed E-state index contributed by atoms with van der Waals surface area (Å²) in [5, 5.41) is 12.3. The van der Waals surface area contributed by atoms with E-state index in [1.807, 2.05) is 6.07 Å². The van der Waals surface area contributed by atoms with Gasteiger partial charge >= 0.3 is 0 Å². The molecule has 120 valence electrons. The number of furan rings is 1. The van der Waals surface area contributed by atoms with E-state index in [9.17, 15) is 14.4 Å². The highest BCUT2D eigenvalue weighted by Gasteiger charge is 2.23. The Hall–Kier alpha value is -3.33. The van der Waals surface area contributed by atoms with Crippen LogP contribution in [0.5, 0.6) is 5.75 Å². The SMILES string of the molecule is CNC(=O)c1c(-c2ccc(F)cc2)oc2cc(C#N)c(OC)cc12. The molecule has 0 saturated heterocycles. The molecule has 3 rings (SSSR count). The van der Waals surface area contributed by atoms with Crippen molar-refractivity contribution in [3.8, 4) is 23.1 Å². The summed E-state index contributed by atoms with van der Waals surface area (Å²) in [6, 6.07) is 10.8. The van der Waals surface area contributed by atoms with Gasteiger partial charge in [-0.25, -0.2) is 4.39 Å². The number of ether oxygens (including phenoxy) is 1. The largest absolute Gasteiger partial charge is 0.495 e. The van der Waals surface area contributed by atoms with Crippen LogP contribution in [0, 0.1) is 17.1 Å². The summed E-state index contributed by atoms with van der Waals surface area (Å²) in [6.45, 7) is 0. The van der Waals surface area contributed by atoms with Gasteiger partial charge in [0, 0.05) is 24.1 Å². The summed E-state index contributed by atoms with van der Waals surface area (Å²) in [6.07, 6.45) is 0. The Bertz CT molecular complexity index is 969. The van der Waals surface area contributed by atoms with Crippen LogP contribution < -0.4 is 10.1 Å². The quantitative estimate of drug-likeness (QED) is 0.800. The van der Waals surface area contributed by atoms with Crippen molar-refractivity contribution < 1.29 is 18.3 Å². The molecule has 6 heteroatoms. The summed E-state index contributed by atoms with van der Waals surface area (Å²) in [5.41, 5.74) is 1.55. The number of fused-ring (bicyclic) bond motifs is 1. The smallest absolute Gasteiger partial charge is 0.255 e. The standard InChI is InChI=1S/C18H13FN2O3/c1-21-18(22)16-13-8-14(23-2)11(9-20)7-15(13)24-17(16)10-3-5-12(19)6-4-10/h3-8H,1-2H3,(H,21,22). The maximum Gasteiger partial charge on any atom is 0.255 e. The topological polar surface area (TPSA) is 75.3 Å². The Morgan fingerprint density at radius 1 is 1.29 bits per heavy atom.